The molecule has 0 saturated heterocycles. The van der Waals surface area contributed by atoms with E-state index in [-0.39, 0.29) is 40.2 Å². The highest BCUT2D eigenvalue weighted by atomic mass is 32.2. The number of nitrogens with two attached hydrogens (primary N) is 1. The van der Waals surface area contributed by atoms with E-state index in [1.165, 1.54) is 17.4 Å². The number of nitriles is 2. The van der Waals surface area contributed by atoms with Crippen LogP contribution in [0.15, 0.2) is 11.1 Å². The third kappa shape index (κ3) is 4.34. The minimum Gasteiger partial charge on any atom is -0.462 e. The van der Waals surface area contributed by atoms with Crippen LogP contribution in [0.25, 0.3) is 0 Å². The first-order valence-corrected chi connectivity index (χ1v) is 10.6. The summed E-state index contributed by atoms with van der Waals surface area (Å²) in [5, 5.41) is 21.8. The lowest BCUT2D eigenvalue weighted by Crippen LogP contribution is -2.17. The SMILES string of the molecule is CCOC(=O)c1c(NC(=O)CSc2nc(N)c(C#N)cc2C#N)sc2c1CCC2. The fourth-order valence-electron chi connectivity index (χ4n) is 3.00. The number of carbonyl (C=O) groups excluding carboxylic acids is 2. The average Bonchev–Trinajstić information content (AvgIpc) is 3.27. The highest BCUT2D eigenvalue weighted by Crippen LogP contribution is 2.39. The molecule has 0 spiro atoms. The Hall–Kier alpha value is -3.08. The van der Waals surface area contributed by atoms with Crippen LogP contribution < -0.4 is 11.1 Å². The van der Waals surface area contributed by atoms with Crippen molar-refractivity contribution < 1.29 is 14.3 Å². The second-order valence-electron chi connectivity index (χ2n) is 6.12. The summed E-state index contributed by atoms with van der Waals surface area (Å²) in [6.45, 7) is 2.00. The predicted octanol–water partition coefficient (Wildman–Crippen LogP) is 2.86. The second-order valence-corrected chi connectivity index (χ2v) is 8.19. The quantitative estimate of drug-likeness (QED) is 0.529. The molecule has 1 amide bonds. The number of thioether (sulfide) groups is 1. The molecule has 1 aliphatic carbocycles. The van der Waals surface area contributed by atoms with Crippen LogP contribution in [0.3, 0.4) is 0 Å². The first-order valence-electron chi connectivity index (χ1n) is 8.83. The molecular weight excluding hydrogens is 410 g/mol. The Morgan fingerprint density at radius 3 is 2.79 bits per heavy atom. The molecular formula is C19H17N5O3S2. The van der Waals surface area contributed by atoms with Crippen LogP contribution in [0.4, 0.5) is 10.8 Å². The third-order valence-electron chi connectivity index (χ3n) is 4.25. The van der Waals surface area contributed by atoms with Gasteiger partial charge in [0.05, 0.1) is 29.1 Å². The number of anilines is 2. The summed E-state index contributed by atoms with van der Waals surface area (Å²) in [6.07, 6.45) is 2.67. The van der Waals surface area contributed by atoms with Crippen LogP contribution in [-0.2, 0) is 22.4 Å². The highest BCUT2D eigenvalue weighted by Gasteiger charge is 2.28. The average molecular weight is 428 g/mol. The lowest BCUT2D eigenvalue weighted by Gasteiger charge is -2.08. The van der Waals surface area contributed by atoms with Crippen molar-refractivity contribution in [3.8, 4) is 12.1 Å². The molecule has 148 valence electrons. The van der Waals surface area contributed by atoms with Crippen molar-refractivity contribution in [2.45, 2.75) is 31.2 Å². The molecule has 0 unspecified atom stereocenters. The van der Waals surface area contributed by atoms with Crippen LogP contribution in [0, 0.1) is 22.7 Å². The molecule has 0 aromatic carbocycles. The molecule has 2 aromatic rings. The van der Waals surface area contributed by atoms with Crippen molar-refractivity contribution in [3.63, 3.8) is 0 Å². The van der Waals surface area contributed by atoms with Gasteiger partial charge in [0.1, 0.15) is 28.0 Å². The number of pyridine rings is 1. The number of hydrogen-bond donors (Lipinski definition) is 2. The first-order chi connectivity index (χ1) is 14.0. The van der Waals surface area contributed by atoms with Gasteiger partial charge in [0.25, 0.3) is 0 Å². The van der Waals surface area contributed by atoms with Gasteiger partial charge in [-0.1, -0.05) is 11.8 Å². The fraction of sp³-hybridized carbons (Fsp3) is 0.316. The maximum Gasteiger partial charge on any atom is 0.341 e. The second kappa shape index (κ2) is 8.95. The zero-order valence-corrected chi connectivity index (χ0v) is 17.2. The normalized spacial score (nSPS) is 12.0. The minimum absolute atomic E-state index is 0.00804. The maximum atomic E-state index is 12.5. The maximum absolute atomic E-state index is 12.5. The van der Waals surface area contributed by atoms with Crippen molar-refractivity contribution in [1.29, 1.82) is 10.5 Å². The van der Waals surface area contributed by atoms with E-state index in [9.17, 15) is 14.9 Å². The number of thiophene rings is 1. The zero-order chi connectivity index (χ0) is 21.0. The molecule has 1 aliphatic rings. The van der Waals surface area contributed by atoms with E-state index in [1.807, 2.05) is 12.1 Å². The van der Waals surface area contributed by atoms with E-state index < -0.39 is 5.97 Å². The van der Waals surface area contributed by atoms with Crippen LogP contribution in [-0.4, -0.2) is 29.2 Å². The van der Waals surface area contributed by atoms with Gasteiger partial charge in [-0.3, -0.25) is 4.79 Å². The summed E-state index contributed by atoms with van der Waals surface area (Å²) >= 11 is 2.44. The van der Waals surface area contributed by atoms with Crippen LogP contribution in [0.2, 0.25) is 0 Å². The van der Waals surface area contributed by atoms with E-state index in [4.69, 9.17) is 15.7 Å². The van der Waals surface area contributed by atoms with Gasteiger partial charge in [-0.15, -0.1) is 11.3 Å². The van der Waals surface area contributed by atoms with E-state index in [2.05, 4.69) is 10.3 Å². The first kappa shape index (κ1) is 20.6. The Kier molecular flexibility index (Phi) is 6.37. The number of aromatic nitrogens is 1. The Morgan fingerprint density at radius 2 is 2.10 bits per heavy atom. The van der Waals surface area contributed by atoms with Crippen LogP contribution in [0.5, 0.6) is 0 Å². The Labute approximate surface area is 175 Å². The van der Waals surface area contributed by atoms with Crippen LogP contribution >= 0.6 is 23.1 Å². The topological polar surface area (TPSA) is 142 Å². The molecule has 0 radical (unpaired) electrons. The lowest BCUT2D eigenvalue weighted by molar-refractivity contribution is -0.113. The summed E-state index contributed by atoms with van der Waals surface area (Å²) in [7, 11) is 0. The molecule has 0 bridgehead atoms. The molecule has 3 N–H and O–H groups in total. The number of ether oxygens (including phenoxy) is 1. The van der Waals surface area contributed by atoms with Gasteiger partial charge in [0.2, 0.25) is 5.91 Å². The number of rotatable bonds is 6. The Bertz CT molecular complexity index is 1070. The van der Waals surface area contributed by atoms with Crippen molar-refractivity contribution in [2.75, 3.05) is 23.4 Å². The van der Waals surface area contributed by atoms with Gasteiger partial charge < -0.3 is 15.8 Å². The number of amides is 1. The number of fused-ring (bicyclic) bond motifs is 1. The number of hydrogen-bond acceptors (Lipinski definition) is 9. The Morgan fingerprint density at radius 1 is 1.34 bits per heavy atom. The van der Waals surface area contributed by atoms with Crippen molar-refractivity contribution in [2.24, 2.45) is 0 Å². The van der Waals surface area contributed by atoms with Gasteiger partial charge in [0, 0.05) is 4.88 Å². The molecule has 0 saturated carbocycles. The summed E-state index contributed by atoms with van der Waals surface area (Å²) in [4.78, 5) is 30.0. The third-order valence-corrected chi connectivity index (χ3v) is 6.45. The summed E-state index contributed by atoms with van der Waals surface area (Å²) in [5.41, 5.74) is 7.40. The molecule has 10 heteroatoms. The van der Waals surface area contributed by atoms with Gasteiger partial charge in [-0.05, 0) is 37.8 Å². The molecule has 3 rings (SSSR count). The number of nitrogens with one attached hydrogen (secondary N) is 1. The summed E-state index contributed by atoms with van der Waals surface area (Å²) in [5.74, 6) is -0.788. The van der Waals surface area contributed by atoms with Crippen molar-refractivity contribution in [3.05, 3.63) is 33.2 Å². The number of carbonyl (C=O) groups is 2. The number of nitrogens with zero attached hydrogens (tertiary/aromatic N) is 3. The smallest absolute Gasteiger partial charge is 0.341 e. The molecule has 2 heterocycles. The molecule has 2 aromatic heterocycles. The predicted molar refractivity (Wildman–Crippen MR) is 110 cm³/mol. The molecule has 0 aliphatic heterocycles. The molecule has 8 nitrogen and oxygen atoms in total. The number of esters is 1. The summed E-state index contributed by atoms with van der Waals surface area (Å²) in [6, 6.07) is 5.18. The fourth-order valence-corrected chi connectivity index (χ4v) is 5.05. The molecule has 0 fully saturated rings. The van der Waals surface area contributed by atoms with Gasteiger partial charge in [-0.25, -0.2) is 9.78 Å². The Balaban J connectivity index is 1.75. The van der Waals surface area contributed by atoms with Gasteiger partial charge in [0.15, 0.2) is 0 Å². The standard InChI is InChI=1S/C19H17N5O3S2/c1-2-27-19(26)15-12-4-3-5-13(12)29-18(15)23-14(25)9-28-17-11(8-21)6-10(7-20)16(22)24-17/h6H,2-5,9H2,1H3,(H2,22,24)(H,23,25). The highest BCUT2D eigenvalue weighted by molar-refractivity contribution is 8.00. The summed E-state index contributed by atoms with van der Waals surface area (Å²) < 4.78 is 5.15. The lowest BCUT2D eigenvalue weighted by atomic mass is 10.1. The van der Waals surface area contributed by atoms with Gasteiger partial charge >= 0.3 is 5.97 Å². The van der Waals surface area contributed by atoms with Gasteiger partial charge in [-0.2, -0.15) is 10.5 Å². The van der Waals surface area contributed by atoms with E-state index >= 15 is 0 Å². The van der Waals surface area contributed by atoms with Crippen LogP contribution in [0.1, 0.15) is 45.3 Å². The molecule has 0 atom stereocenters. The monoisotopic (exact) mass is 427 g/mol. The molecule has 29 heavy (non-hydrogen) atoms. The van der Waals surface area contributed by atoms with Crippen molar-refractivity contribution >= 4 is 45.8 Å². The largest absolute Gasteiger partial charge is 0.462 e. The van der Waals surface area contributed by atoms with E-state index in [1.54, 1.807) is 6.92 Å². The van der Waals surface area contributed by atoms with E-state index in [0.717, 1.165) is 41.5 Å². The number of aryl methyl sites for hydroxylation is 1. The van der Waals surface area contributed by atoms with Crippen molar-refractivity contribution in [1.82, 2.24) is 4.98 Å². The zero-order valence-electron chi connectivity index (χ0n) is 15.6. The minimum atomic E-state index is -0.428. The number of nitrogen functional groups attached to an aromatic ring is 1. The van der Waals surface area contributed by atoms with E-state index in [0.29, 0.717) is 10.6 Å².